The summed E-state index contributed by atoms with van der Waals surface area (Å²) in [5.41, 5.74) is -1.26. The molecule has 0 saturated heterocycles. The second-order valence-electron chi connectivity index (χ2n) is 2.81. The van der Waals surface area contributed by atoms with Crippen LogP contribution in [0.1, 0.15) is 12.7 Å². The largest absolute Gasteiger partial charge is 0.375 e. The van der Waals surface area contributed by atoms with E-state index >= 15 is 0 Å². The standard InChI is InChI=1S/C8H8BrN3O/c1-8(13,5-10-2)7-11-3-6(9)4-12-7/h3-4,13H,5H2,1H3. The Kier molecular flexibility index (Phi) is 2.96. The molecule has 68 valence electrons. The predicted molar refractivity (Wildman–Crippen MR) is 50.8 cm³/mol. The molecular weight excluding hydrogens is 234 g/mol. The van der Waals surface area contributed by atoms with Crippen LogP contribution in [0.2, 0.25) is 0 Å². The lowest BCUT2D eigenvalue weighted by molar-refractivity contribution is 0.0652. The summed E-state index contributed by atoms with van der Waals surface area (Å²) in [7, 11) is 0. The van der Waals surface area contributed by atoms with E-state index in [1.54, 1.807) is 12.4 Å². The Bertz CT molecular complexity index is 328. The van der Waals surface area contributed by atoms with Gasteiger partial charge in [0.05, 0.1) is 4.47 Å². The lowest BCUT2D eigenvalue weighted by Gasteiger charge is -2.14. The molecule has 0 aliphatic heterocycles. The van der Waals surface area contributed by atoms with Gasteiger partial charge in [0.25, 0.3) is 0 Å². The van der Waals surface area contributed by atoms with Crippen molar-refractivity contribution in [3.63, 3.8) is 0 Å². The first-order valence-electron chi connectivity index (χ1n) is 3.60. The fraction of sp³-hybridized carbons (Fsp3) is 0.375. The van der Waals surface area contributed by atoms with E-state index in [0.717, 1.165) is 4.47 Å². The van der Waals surface area contributed by atoms with Gasteiger partial charge in [-0.05, 0) is 22.9 Å². The van der Waals surface area contributed by atoms with Gasteiger partial charge in [-0.2, -0.15) is 0 Å². The first-order valence-corrected chi connectivity index (χ1v) is 4.39. The minimum atomic E-state index is -1.26. The number of nitrogens with zero attached hydrogens (tertiary/aromatic N) is 3. The molecule has 0 aliphatic rings. The average Bonchev–Trinajstić information content (AvgIpc) is 2.05. The molecule has 1 heterocycles. The number of rotatable bonds is 2. The highest BCUT2D eigenvalue weighted by atomic mass is 79.9. The predicted octanol–water partition coefficient (Wildman–Crippen LogP) is 1.37. The molecule has 1 rings (SSSR count). The van der Waals surface area contributed by atoms with Gasteiger partial charge in [-0.25, -0.2) is 16.5 Å². The molecule has 0 aliphatic carbocycles. The van der Waals surface area contributed by atoms with Gasteiger partial charge in [0.2, 0.25) is 6.54 Å². The summed E-state index contributed by atoms with van der Waals surface area (Å²) in [5.74, 6) is 0.270. The zero-order valence-electron chi connectivity index (χ0n) is 7.03. The zero-order valence-corrected chi connectivity index (χ0v) is 8.61. The van der Waals surface area contributed by atoms with Crippen LogP contribution in [0, 0.1) is 6.57 Å². The maximum Gasteiger partial charge on any atom is 0.250 e. The summed E-state index contributed by atoms with van der Waals surface area (Å²) in [5, 5.41) is 9.72. The Hall–Kier alpha value is -0.990. The molecule has 13 heavy (non-hydrogen) atoms. The molecule has 4 nitrogen and oxygen atoms in total. The quantitative estimate of drug-likeness (QED) is 0.796. The van der Waals surface area contributed by atoms with E-state index in [4.69, 9.17) is 6.57 Å². The van der Waals surface area contributed by atoms with Gasteiger partial charge in [-0.1, -0.05) is 0 Å². The van der Waals surface area contributed by atoms with Crippen molar-refractivity contribution in [2.75, 3.05) is 6.54 Å². The highest BCUT2D eigenvalue weighted by molar-refractivity contribution is 9.10. The summed E-state index contributed by atoms with van der Waals surface area (Å²) in [6.45, 7) is 8.14. The molecule has 0 aromatic carbocycles. The van der Waals surface area contributed by atoms with Crippen molar-refractivity contribution in [1.82, 2.24) is 9.97 Å². The van der Waals surface area contributed by atoms with Gasteiger partial charge in [0.1, 0.15) is 0 Å². The highest BCUT2D eigenvalue weighted by Crippen LogP contribution is 2.17. The lowest BCUT2D eigenvalue weighted by Crippen LogP contribution is -2.27. The Morgan fingerprint density at radius 1 is 1.62 bits per heavy atom. The van der Waals surface area contributed by atoms with Crippen LogP contribution < -0.4 is 0 Å². The Labute approximate surface area is 84.6 Å². The van der Waals surface area contributed by atoms with Crippen molar-refractivity contribution in [2.24, 2.45) is 0 Å². The van der Waals surface area contributed by atoms with Gasteiger partial charge in [-0.3, -0.25) is 0 Å². The van der Waals surface area contributed by atoms with E-state index in [2.05, 4.69) is 30.7 Å². The SMILES string of the molecule is [C-]#[N+]CC(C)(O)c1ncc(Br)cn1. The lowest BCUT2D eigenvalue weighted by atomic mass is 10.1. The summed E-state index contributed by atoms with van der Waals surface area (Å²) in [6.07, 6.45) is 3.08. The Balaban J connectivity index is 2.95. The van der Waals surface area contributed by atoms with E-state index in [9.17, 15) is 5.11 Å². The van der Waals surface area contributed by atoms with E-state index in [-0.39, 0.29) is 12.4 Å². The maximum absolute atomic E-state index is 9.72. The molecule has 1 aromatic heterocycles. The summed E-state index contributed by atoms with van der Waals surface area (Å²) >= 11 is 3.18. The fourth-order valence-corrected chi connectivity index (χ4v) is 1.02. The number of aromatic nitrogens is 2. The average molecular weight is 242 g/mol. The monoisotopic (exact) mass is 241 g/mol. The van der Waals surface area contributed by atoms with Crippen molar-refractivity contribution in [3.8, 4) is 0 Å². The van der Waals surface area contributed by atoms with Crippen molar-refractivity contribution >= 4 is 15.9 Å². The molecule has 5 heteroatoms. The van der Waals surface area contributed by atoms with Gasteiger partial charge < -0.3 is 9.95 Å². The zero-order chi connectivity index (χ0) is 9.90. The van der Waals surface area contributed by atoms with Crippen molar-refractivity contribution in [3.05, 3.63) is 34.1 Å². The van der Waals surface area contributed by atoms with Gasteiger partial charge >= 0.3 is 0 Å². The van der Waals surface area contributed by atoms with Crippen LogP contribution in [0.4, 0.5) is 0 Å². The van der Waals surface area contributed by atoms with E-state index in [1.807, 2.05) is 0 Å². The third kappa shape index (κ3) is 2.47. The van der Waals surface area contributed by atoms with Crippen molar-refractivity contribution in [1.29, 1.82) is 0 Å². The smallest absolute Gasteiger partial charge is 0.250 e. The second-order valence-corrected chi connectivity index (χ2v) is 3.73. The van der Waals surface area contributed by atoms with Crippen LogP contribution in [0.25, 0.3) is 4.85 Å². The fourth-order valence-electron chi connectivity index (χ4n) is 0.815. The van der Waals surface area contributed by atoms with Crippen molar-refractivity contribution in [2.45, 2.75) is 12.5 Å². The van der Waals surface area contributed by atoms with E-state index in [0.29, 0.717) is 0 Å². The van der Waals surface area contributed by atoms with E-state index in [1.165, 1.54) is 6.92 Å². The molecule has 0 amide bonds. The molecule has 0 bridgehead atoms. The van der Waals surface area contributed by atoms with Crippen LogP contribution in [-0.4, -0.2) is 21.6 Å². The van der Waals surface area contributed by atoms with Gasteiger partial charge in [0.15, 0.2) is 11.4 Å². The molecule has 0 fully saturated rings. The second kappa shape index (κ2) is 3.81. The van der Waals surface area contributed by atoms with Crippen LogP contribution in [0.15, 0.2) is 16.9 Å². The van der Waals surface area contributed by atoms with Gasteiger partial charge in [-0.15, -0.1) is 0 Å². The summed E-state index contributed by atoms with van der Waals surface area (Å²) < 4.78 is 0.745. The highest BCUT2D eigenvalue weighted by Gasteiger charge is 2.29. The minimum absolute atomic E-state index is 0.0331. The summed E-state index contributed by atoms with van der Waals surface area (Å²) in [6, 6.07) is 0. The van der Waals surface area contributed by atoms with Crippen LogP contribution in [0.3, 0.4) is 0 Å². The molecule has 1 unspecified atom stereocenters. The van der Waals surface area contributed by atoms with Crippen LogP contribution in [-0.2, 0) is 5.60 Å². The van der Waals surface area contributed by atoms with Crippen LogP contribution >= 0.6 is 15.9 Å². The third-order valence-electron chi connectivity index (χ3n) is 1.49. The molecule has 0 spiro atoms. The Morgan fingerprint density at radius 2 is 2.15 bits per heavy atom. The van der Waals surface area contributed by atoms with Crippen LogP contribution in [0.5, 0.6) is 0 Å². The third-order valence-corrected chi connectivity index (χ3v) is 1.90. The molecular formula is C8H8BrN3O. The topological polar surface area (TPSA) is 50.4 Å². The minimum Gasteiger partial charge on any atom is -0.375 e. The number of hydrogen-bond donors (Lipinski definition) is 1. The van der Waals surface area contributed by atoms with Gasteiger partial charge in [0, 0.05) is 12.4 Å². The number of aliphatic hydroxyl groups is 1. The van der Waals surface area contributed by atoms with E-state index < -0.39 is 5.60 Å². The summed E-state index contributed by atoms with van der Waals surface area (Å²) in [4.78, 5) is 10.9. The number of hydrogen-bond acceptors (Lipinski definition) is 3. The molecule has 1 aromatic rings. The number of halogens is 1. The molecule has 1 atom stereocenters. The molecule has 1 N–H and O–H groups in total. The first-order chi connectivity index (χ1) is 6.06. The Morgan fingerprint density at radius 3 is 2.62 bits per heavy atom. The molecule has 0 radical (unpaired) electrons. The normalized spacial score (nSPS) is 14.6. The molecule has 0 saturated carbocycles. The first kappa shape index (κ1) is 10.1. The van der Waals surface area contributed by atoms with Crippen molar-refractivity contribution < 1.29 is 5.11 Å². The maximum atomic E-state index is 9.72.